The van der Waals surface area contributed by atoms with Crippen LogP contribution in [-0.2, 0) is 0 Å². The number of rotatable bonds is 6. The third kappa shape index (κ3) is 4.29. The molecular weight excluding hydrogens is 356 g/mol. The molecule has 1 aromatic heterocycles. The first kappa shape index (κ1) is 19.1. The van der Waals surface area contributed by atoms with Crippen LogP contribution in [0, 0.1) is 5.92 Å². The summed E-state index contributed by atoms with van der Waals surface area (Å²) >= 11 is 0. The molecule has 0 N–H and O–H groups in total. The Morgan fingerprint density at radius 2 is 1.83 bits per heavy atom. The van der Waals surface area contributed by atoms with Crippen molar-refractivity contribution in [3.63, 3.8) is 0 Å². The molecule has 1 aliphatic carbocycles. The molecule has 0 saturated heterocycles. The van der Waals surface area contributed by atoms with Gasteiger partial charge in [0, 0.05) is 10.9 Å². The van der Waals surface area contributed by atoms with Crippen molar-refractivity contribution in [2.75, 3.05) is 7.11 Å². The standard InChI is InChI=1S/C26H26N2O/c1-17(2)14-21(19-12-13-19)15-18(3)26-27-24-11-6-5-10-23(24)25(28-26)20-8-7-9-22(16-20)29-4/h5-11,14-16,19H,1,12-13H2,2-4H3/b18-15+,21-14+. The van der Waals surface area contributed by atoms with Crippen LogP contribution in [0.15, 0.2) is 78.4 Å². The Morgan fingerprint density at radius 1 is 1.03 bits per heavy atom. The maximum atomic E-state index is 5.42. The summed E-state index contributed by atoms with van der Waals surface area (Å²) in [5, 5.41) is 1.04. The van der Waals surface area contributed by atoms with Gasteiger partial charge in [-0.1, -0.05) is 54.6 Å². The summed E-state index contributed by atoms with van der Waals surface area (Å²) < 4.78 is 5.42. The summed E-state index contributed by atoms with van der Waals surface area (Å²) in [4.78, 5) is 9.83. The molecule has 0 bridgehead atoms. The second kappa shape index (κ2) is 8.04. The predicted octanol–water partition coefficient (Wildman–Crippen LogP) is 6.62. The summed E-state index contributed by atoms with van der Waals surface area (Å²) in [6.45, 7) is 8.18. The molecule has 3 aromatic rings. The van der Waals surface area contributed by atoms with Crippen molar-refractivity contribution in [3.05, 3.63) is 84.2 Å². The van der Waals surface area contributed by atoms with Gasteiger partial charge < -0.3 is 4.74 Å². The fraction of sp³-hybridized carbons (Fsp3) is 0.231. The number of aromatic nitrogens is 2. The van der Waals surface area contributed by atoms with E-state index in [0.717, 1.165) is 44.9 Å². The number of hydrogen-bond donors (Lipinski definition) is 0. The molecule has 1 heterocycles. The van der Waals surface area contributed by atoms with Crippen molar-refractivity contribution >= 4 is 16.5 Å². The van der Waals surface area contributed by atoms with E-state index in [-0.39, 0.29) is 0 Å². The molecule has 4 rings (SSSR count). The third-order valence-corrected chi connectivity index (χ3v) is 5.14. The minimum atomic E-state index is 0.639. The lowest BCUT2D eigenvalue weighted by molar-refractivity contribution is 0.415. The van der Waals surface area contributed by atoms with Crippen molar-refractivity contribution < 1.29 is 4.74 Å². The van der Waals surface area contributed by atoms with Gasteiger partial charge in [-0.15, -0.1) is 0 Å². The Balaban J connectivity index is 1.85. The Kier molecular flexibility index (Phi) is 5.30. The number of benzene rings is 2. The number of fused-ring (bicyclic) bond motifs is 1. The van der Waals surface area contributed by atoms with Gasteiger partial charge in [-0.25, -0.2) is 9.97 Å². The zero-order chi connectivity index (χ0) is 20.4. The lowest BCUT2D eigenvalue weighted by atomic mass is 10.0. The minimum Gasteiger partial charge on any atom is -0.497 e. The zero-order valence-electron chi connectivity index (χ0n) is 17.3. The highest BCUT2D eigenvalue weighted by molar-refractivity contribution is 5.93. The molecule has 0 spiro atoms. The largest absolute Gasteiger partial charge is 0.497 e. The van der Waals surface area contributed by atoms with Crippen molar-refractivity contribution in [1.82, 2.24) is 9.97 Å². The highest BCUT2D eigenvalue weighted by Crippen LogP contribution is 2.39. The van der Waals surface area contributed by atoms with E-state index in [2.05, 4.69) is 37.8 Å². The van der Waals surface area contributed by atoms with Crippen LogP contribution in [0.4, 0.5) is 0 Å². The highest BCUT2D eigenvalue weighted by atomic mass is 16.5. The van der Waals surface area contributed by atoms with E-state index in [4.69, 9.17) is 14.7 Å². The average molecular weight is 383 g/mol. The van der Waals surface area contributed by atoms with Crippen LogP contribution >= 0.6 is 0 Å². The van der Waals surface area contributed by atoms with Gasteiger partial charge in [0.05, 0.1) is 18.3 Å². The van der Waals surface area contributed by atoms with Crippen molar-refractivity contribution in [3.8, 4) is 17.0 Å². The van der Waals surface area contributed by atoms with E-state index in [1.54, 1.807) is 7.11 Å². The molecule has 3 nitrogen and oxygen atoms in total. The lowest BCUT2D eigenvalue weighted by Crippen LogP contribution is -1.98. The normalized spacial score (nSPS) is 14.9. The van der Waals surface area contributed by atoms with Crippen LogP contribution in [0.5, 0.6) is 5.75 Å². The number of hydrogen-bond acceptors (Lipinski definition) is 3. The Hall–Kier alpha value is -3.20. The molecule has 2 aromatic carbocycles. The number of allylic oxidation sites excluding steroid dienone is 5. The highest BCUT2D eigenvalue weighted by Gasteiger charge is 2.25. The monoisotopic (exact) mass is 382 g/mol. The lowest BCUT2D eigenvalue weighted by Gasteiger charge is -2.11. The van der Waals surface area contributed by atoms with Crippen molar-refractivity contribution in [1.29, 1.82) is 0 Å². The molecule has 0 radical (unpaired) electrons. The van der Waals surface area contributed by atoms with Crippen LogP contribution < -0.4 is 4.74 Å². The van der Waals surface area contributed by atoms with Crippen molar-refractivity contribution in [2.24, 2.45) is 5.92 Å². The molecule has 0 atom stereocenters. The number of nitrogens with zero attached hydrogens (tertiary/aromatic N) is 2. The van der Waals surface area contributed by atoms with Gasteiger partial charge in [0.1, 0.15) is 5.75 Å². The quantitative estimate of drug-likeness (QED) is 0.449. The van der Waals surface area contributed by atoms with Crippen LogP contribution in [0.3, 0.4) is 0 Å². The Labute approximate surface area is 172 Å². The number of ether oxygens (including phenoxy) is 1. The maximum absolute atomic E-state index is 5.42. The van der Waals surface area contributed by atoms with Crippen LogP contribution in [0.1, 0.15) is 32.5 Å². The predicted molar refractivity (Wildman–Crippen MR) is 121 cm³/mol. The van der Waals surface area contributed by atoms with Crippen LogP contribution in [-0.4, -0.2) is 17.1 Å². The fourth-order valence-corrected chi connectivity index (χ4v) is 3.54. The van der Waals surface area contributed by atoms with E-state index in [1.165, 1.54) is 18.4 Å². The van der Waals surface area contributed by atoms with Gasteiger partial charge in [-0.3, -0.25) is 0 Å². The van der Waals surface area contributed by atoms with Crippen LogP contribution in [0.25, 0.3) is 27.7 Å². The number of methoxy groups -OCH3 is 1. The number of para-hydroxylation sites is 1. The second-order valence-corrected chi connectivity index (χ2v) is 7.74. The Morgan fingerprint density at radius 3 is 2.55 bits per heavy atom. The van der Waals surface area contributed by atoms with E-state index in [9.17, 15) is 0 Å². The topological polar surface area (TPSA) is 35.0 Å². The first-order valence-electron chi connectivity index (χ1n) is 10.0. The summed E-state index contributed by atoms with van der Waals surface area (Å²) in [5.74, 6) is 2.22. The summed E-state index contributed by atoms with van der Waals surface area (Å²) in [7, 11) is 1.68. The van der Waals surface area contributed by atoms with Gasteiger partial charge in [-0.05, 0) is 62.0 Å². The van der Waals surface area contributed by atoms with Gasteiger partial charge in [-0.2, -0.15) is 0 Å². The first-order valence-corrected chi connectivity index (χ1v) is 10.0. The van der Waals surface area contributed by atoms with Crippen LogP contribution in [0.2, 0.25) is 0 Å². The fourth-order valence-electron chi connectivity index (χ4n) is 3.54. The molecule has 1 saturated carbocycles. The van der Waals surface area contributed by atoms with Gasteiger partial charge in [0.15, 0.2) is 5.82 Å². The second-order valence-electron chi connectivity index (χ2n) is 7.74. The van der Waals surface area contributed by atoms with Crippen molar-refractivity contribution in [2.45, 2.75) is 26.7 Å². The zero-order valence-corrected chi connectivity index (χ0v) is 17.3. The summed E-state index contributed by atoms with van der Waals surface area (Å²) in [6.07, 6.45) is 6.91. The SMILES string of the molecule is C=C(C)/C=C(\C=C(/C)c1nc(-c2cccc(OC)c2)c2ccccc2n1)C1CC1. The van der Waals surface area contributed by atoms with E-state index in [0.29, 0.717) is 5.92 Å². The molecule has 3 heteroatoms. The molecule has 146 valence electrons. The third-order valence-electron chi connectivity index (χ3n) is 5.14. The average Bonchev–Trinajstić information content (AvgIpc) is 3.57. The van der Waals surface area contributed by atoms with E-state index >= 15 is 0 Å². The van der Waals surface area contributed by atoms with E-state index in [1.807, 2.05) is 43.3 Å². The molecule has 0 aliphatic heterocycles. The van der Waals surface area contributed by atoms with Gasteiger partial charge >= 0.3 is 0 Å². The minimum absolute atomic E-state index is 0.639. The molecule has 29 heavy (non-hydrogen) atoms. The summed E-state index contributed by atoms with van der Waals surface area (Å²) in [6, 6.07) is 16.2. The molecule has 1 aliphatic rings. The molecule has 0 unspecified atom stereocenters. The Bertz CT molecular complexity index is 1140. The first-order chi connectivity index (χ1) is 14.0. The summed E-state index contributed by atoms with van der Waals surface area (Å²) in [5.41, 5.74) is 6.37. The molecule has 1 fully saturated rings. The molecule has 0 amide bonds. The van der Waals surface area contributed by atoms with Gasteiger partial charge in [0.2, 0.25) is 0 Å². The van der Waals surface area contributed by atoms with Gasteiger partial charge in [0.25, 0.3) is 0 Å². The van der Waals surface area contributed by atoms with E-state index < -0.39 is 0 Å². The molecular formula is C26H26N2O. The smallest absolute Gasteiger partial charge is 0.156 e. The maximum Gasteiger partial charge on any atom is 0.156 e.